The van der Waals surface area contributed by atoms with Gasteiger partial charge in [0.15, 0.2) is 6.61 Å². The Bertz CT molecular complexity index is 1090. The number of fused-ring (bicyclic) bond motifs is 1. The molecule has 0 fully saturated rings. The van der Waals surface area contributed by atoms with Crippen LogP contribution in [0.15, 0.2) is 60.7 Å². The first-order valence-electron chi connectivity index (χ1n) is 9.49. The zero-order valence-corrected chi connectivity index (χ0v) is 17.2. The summed E-state index contributed by atoms with van der Waals surface area (Å²) in [5.74, 6) is 0.519. The molecule has 6 heteroatoms. The molecule has 0 heterocycles. The van der Waals surface area contributed by atoms with Crippen molar-refractivity contribution in [2.75, 3.05) is 13.7 Å². The Balaban J connectivity index is 1.49. The van der Waals surface area contributed by atoms with E-state index in [0.29, 0.717) is 5.75 Å². The van der Waals surface area contributed by atoms with E-state index in [0.717, 1.165) is 33.2 Å². The van der Waals surface area contributed by atoms with E-state index >= 15 is 0 Å². The number of rotatable bonds is 6. The highest BCUT2D eigenvalue weighted by molar-refractivity contribution is 5.94. The molecule has 0 aromatic heterocycles. The zero-order chi connectivity index (χ0) is 21.5. The molecule has 0 aliphatic heterocycles. The first kappa shape index (κ1) is 20.9. The van der Waals surface area contributed by atoms with Gasteiger partial charge in [-0.3, -0.25) is 20.4 Å². The van der Waals surface area contributed by atoms with Crippen LogP contribution in [-0.4, -0.2) is 25.5 Å². The van der Waals surface area contributed by atoms with E-state index in [4.69, 9.17) is 9.47 Å². The van der Waals surface area contributed by atoms with E-state index in [1.165, 1.54) is 6.08 Å². The van der Waals surface area contributed by atoms with Crippen LogP contribution >= 0.6 is 0 Å². The van der Waals surface area contributed by atoms with Crippen LogP contribution in [0.1, 0.15) is 16.7 Å². The number of nitrogens with one attached hydrogen (secondary N) is 2. The summed E-state index contributed by atoms with van der Waals surface area (Å²) in [6, 6.07) is 17.3. The third-order valence-electron chi connectivity index (χ3n) is 4.39. The molecular formula is C24H24N2O4. The van der Waals surface area contributed by atoms with Crippen LogP contribution in [0.2, 0.25) is 0 Å². The van der Waals surface area contributed by atoms with Crippen LogP contribution in [0.4, 0.5) is 0 Å². The average molecular weight is 404 g/mol. The van der Waals surface area contributed by atoms with Gasteiger partial charge in [-0.1, -0.05) is 24.3 Å². The van der Waals surface area contributed by atoms with E-state index in [-0.39, 0.29) is 6.61 Å². The van der Waals surface area contributed by atoms with Crippen molar-refractivity contribution >= 4 is 28.7 Å². The Hall–Kier alpha value is -3.80. The molecule has 0 spiro atoms. The number of hydrogen-bond donors (Lipinski definition) is 2. The lowest BCUT2D eigenvalue weighted by molar-refractivity contribution is -0.128. The van der Waals surface area contributed by atoms with Crippen LogP contribution < -0.4 is 20.3 Å². The molecule has 0 aliphatic carbocycles. The van der Waals surface area contributed by atoms with E-state index in [9.17, 15) is 9.59 Å². The molecule has 3 aromatic rings. The molecular weight excluding hydrogens is 380 g/mol. The molecule has 0 atom stereocenters. The molecule has 0 aliphatic rings. The predicted molar refractivity (Wildman–Crippen MR) is 117 cm³/mol. The van der Waals surface area contributed by atoms with Crippen molar-refractivity contribution in [2.45, 2.75) is 13.8 Å². The van der Waals surface area contributed by atoms with Crippen molar-refractivity contribution in [1.29, 1.82) is 0 Å². The molecule has 0 bridgehead atoms. The number of methoxy groups -OCH3 is 1. The second kappa shape index (κ2) is 9.60. The fourth-order valence-corrected chi connectivity index (χ4v) is 3.02. The standard InChI is InChI=1S/C24H24N2O4/c1-16-10-17(2)12-22(11-16)30-15-24(28)26-25-23(27)9-5-18-4-6-20-14-21(29-3)8-7-19(20)13-18/h4-14H,15H2,1-3H3,(H,25,27)(H,26,28)/b9-5+. The normalized spacial score (nSPS) is 10.8. The van der Waals surface area contributed by atoms with Gasteiger partial charge in [-0.25, -0.2) is 0 Å². The summed E-state index contributed by atoms with van der Waals surface area (Å²) < 4.78 is 10.7. The van der Waals surface area contributed by atoms with Gasteiger partial charge in [-0.15, -0.1) is 0 Å². The second-order valence-electron chi connectivity index (χ2n) is 6.96. The highest BCUT2D eigenvalue weighted by Gasteiger charge is 2.05. The van der Waals surface area contributed by atoms with Crippen molar-refractivity contribution in [3.8, 4) is 11.5 Å². The summed E-state index contributed by atoms with van der Waals surface area (Å²) >= 11 is 0. The van der Waals surface area contributed by atoms with E-state index in [2.05, 4.69) is 10.9 Å². The monoisotopic (exact) mass is 404 g/mol. The van der Waals surface area contributed by atoms with Crippen LogP contribution in [0.5, 0.6) is 11.5 Å². The fourth-order valence-electron chi connectivity index (χ4n) is 3.02. The summed E-state index contributed by atoms with van der Waals surface area (Å²) in [4.78, 5) is 23.8. The molecule has 2 amide bonds. The lowest BCUT2D eigenvalue weighted by Crippen LogP contribution is -2.43. The van der Waals surface area contributed by atoms with Gasteiger partial charge < -0.3 is 9.47 Å². The van der Waals surface area contributed by atoms with Crippen LogP contribution in [0.25, 0.3) is 16.8 Å². The molecule has 6 nitrogen and oxygen atoms in total. The largest absolute Gasteiger partial charge is 0.497 e. The number of benzene rings is 3. The number of hydrogen-bond acceptors (Lipinski definition) is 4. The quantitative estimate of drug-likeness (QED) is 0.485. The molecule has 0 radical (unpaired) electrons. The highest BCUT2D eigenvalue weighted by atomic mass is 16.5. The molecule has 0 saturated carbocycles. The number of carbonyl (C=O) groups excluding carboxylic acids is 2. The van der Waals surface area contributed by atoms with Crippen LogP contribution in [0, 0.1) is 13.8 Å². The van der Waals surface area contributed by atoms with Crippen LogP contribution in [-0.2, 0) is 9.59 Å². The summed E-state index contributed by atoms with van der Waals surface area (Å²) in [6.07, 6.45) is 3.03. The SMILES string of the molecule is COc1ccc2cc(/C=C/C(=O)NNC(=O)COc3cc(C)cc(C)c3)ccc2c1. The van der Waals surface area contributed by atoms with Gasteiger partial charge in [0.05, 0.1) is 7.11 Å². The van der Waals surface area contributed by atoms with Gasteiger partial charge in [0.1, 0.15) is 11.5 Å². The topological polar surface area (TPSA) is 76.7 Å². The molecule has 3 rings (SSSR count). The molecule has 3 aromatic carbocycles. The zero-order valence-electron chi connectivity index (χ0n) is 17.2. The van der Waals surface area contributed by atoms with Crippen molar-refractivity contribution in [1.82, 2.24) is 10.9 Å². The number of aryl methyl sites for hydroxylation is 2. The van der Waals surface area contributed by atoms with Crippen molar-refractivity contribution in [2.24, 2.45) is 0 Å². The summed E-state index contributed by atoms with van der Waals surface area (Å²) in [5, 5.41) is 2.09. The van der Waals surface area contributed by atoms with Gasteiger partial charge in [0.2, 0.25) is 0 Å². The van der Waals surface area contributed by atoms with Gasteiger partial charge >= 0.3 is 0 Å². The lowest BCUT2D eigenvalue weighted by Gasteiger charge is -2.09. The summed E-state index contributed by atoms with van der Waals surface area (Å²) in [6.45, 7) is 3.72. The Kier molecular flexibility index (Phi) is 6.70. The number of hydrazine groups is 1. The number of ether oxygens (including phenoxy) is 2. The number of amides is 2. The van der Waals surface area contributed by atoms with E-state index < -0.39 is 11.8 Å². The number of carbonyl (C=O) groups is 2. The molecule has 30 heavy (non-hydrogen) atoms. The minimum absolute atomic E-state index is 0.193. The third kappa shape index (κ3) is 5.85. The van der Waals surface area contributed by atoms with Gasteiger partial charge in [0, 0.05) is 6.08 Å². The maximum Gasteiger partial charge on any atom is 0.276 e. The minimum Gasteiger partial charge on any atom is -0.497 e. The average Bonchev–Trinajstić information content (AvgIpc) is 2.73. The summed E-state index contributed by atoms with van der Waals surface area (Å²) in [5.41, 5.74) is 7.65. The first-order valence-corrected chi connectivity index (χ1v) is 9.49. The second-order valence-corrected chi connectivity index (χ2v) is 6.96. The van der Waals surface area contributed by atoms with E-state index in [1.54, 1.807) is 13.2 Å². The smallest absolute Gasteiger partial charge is 0.276 e. The first-order chi connectivity index (χ1) is 14.4. The van der Waals surface area contributed by atoms with Crippen LogP contribution in [0.3, 0.4) is 0 Å². The molecule has 2 N–H and O–H groups in total. The predicted octanol–water partition coefficient (Wildman–Crippen LogP) is 3.70. The van der Waals surface area contributed by atoms with Crippen molar-refractivity contribution in [3.63, 3.8) is 0 Å². The minimum atomic E-state index is -0.449. The maximum atomic E-state index is 12.0. The van der Waals surface area contributed by atoms with Crippen molar-refractivity contribution < 1.29 is 19.1 Å². The Morgan fingerprint density at radius 3 is 2.30 bits per heavy atom. The Morgan fingerprint density at radius 1 is 0.867 bits per heavy atom. The van der Waals surface area contributed by atoms with Gasteiger partial charge in [-0.05, 0) is 77.7 Å². The van der Waals surface area contributed by atoms with Crippen molar-refractivity contribution in [3.05, 3.63) is 77.4 Å². The fraction of sp³-hybridized carbons (Fsp3) is 0.167. The maximum absolute atomic E-state index is 12.0. The van der Waals surface area contributed by atoms with Gasteiger partial charge in [-0.2, -0.15) is 0 Å². The Morgan fingerprint density at radius 2 is 1.57 bits per heavy atom. The molecule has 154 valence electrons. The summed E-state index contributed by atoms with van der Waals surface area (Å²) in [7, 11) is 1.63. The highest BCUT2D eigenvalue weighted by Crippen LogP contribution is 2.22. The van der Waals surface area contributed by atoms with Gasteiger partial charge in [0.25, 0.3) is 11.8 Å². The van der Waals surface area contributed by atoms with E-state index in [1.807, 2.05) is 68.4 Å². The Labute approximate surface area is 175 Å². The molecule has 0 unspecified atom stereocenters. The third-order valence-corrected chi connectivity index (χ3v) is 4.39. The molecule has 0 saturated heterocycles. The lowest BCUT2D eigenvalue weighted by atomic mass is 10.1.